The Morgan fingerprint density at radius 2 is 0.877 bits per heavy atom. The van der Waals surface area contributed by atoms with Crippen LogP contribution >= 0.6 is 0 Å². The second-order valence-electron chi connectivity index (χ2n) is 19.4. The fraction of sp³-hybridized carbons (Fsp3) is 0.333. The standard InChI is InChI=1S/C27H28FN5.C14H14N2O.C13H14FN3.C4H6O4.C2H3BO2.Na/c28-23-8-9-25(27-22(23)6-3-13-30-27)33-18-16-31(17-19-33)21-10-14-32(15-11-21)24-7-1-4-20-5-2-12-29-26(20)24;17-12-6-9-16(10-7-12)13-5-1-3-11-4-2-8-15-14(11)13;14-11-3-4-12(17-8-6-15-7-9-17)13-10(11)2-1-5-16-13;1-3(5)7-8-4(2)6;1-2(4)5-3;/h1-9,12-13,21H,10-11,14-19H2;1-5,8H,6-7,9-10H2;1-5,15H,6-9H2;1-2H3;1H3;/q;;;;-1;+1. The predicted molar refractivity (Wildman–Crippen MR) is 308 cm³/mol. The third-order valence-electron chi connectivity index (χ3n) is 14.2. The summed E-state index contributed by atoms with van der Waals surface area (Å²) in [6.07, 6.45) is 10.8. The molecule has 3 radical (unpaired) electrons. The number of aromatic nitrogens is 4. The zero-order valence-electron chi connectivity index (χ0n) is 46.3. The van der Waals surface area contributed by atoms with Crippen molar-refractivity contribution in [3.05, 3.63) is 146 Å². The average molecular weight is 1110 g/mol. The summed E-state index contributed by atoms with van der Waals surface area (Å²) in [5, 5.41) is 6.87. The number of hydrogen-bond donors (Lipinski definition) is 1. The largest absolute Gasteiger partial charge is 1.00 e. The number of nitrogens with zero attached hydrogens (tertiary/aromatic N) is 9. The second-order valence-corrected chi connectivity index (χ2v) is 19.4. The number of piperidine rings is 2. The fourth-order valence-electron chi connectivity index (χ4n) is 10.3. The third kappa shape index (κ3) is 16.6. The van der Waals surface area contributed by atoms with Crippen LogP contribution in [0.4, 0.5) is 31.5 Å². The summed E-state index contributed by atoms with van der Waals surface area (Å²) in [7, 11) is 4.32. The number of ketones is 1. The van der Waals surface area contributed by atoms with Crippen LogP contribution in [0, 0.1) is 11.6 Å². The SMILES string of the molecule is CC(=O)OOC(C)=O.Fc1ccc(N2CCN(C3CCN(c4cccc5cccnc45)CC3)CC2)c2ncccc12.Fc1ccc(N2CCNCC2)c2ncccc12.O=C1CCN(c2cccc3cccnc23)CC1.[B-]OC(C)=O.[Na+]. The number of benzene rings is 4. The Bertz CT molecular complexity index is 3370. The van der Waals surface area contributed by atoms with E-state index in [1.165, 1.54) is 36.9 Å². The molecule has 17 nitrogen and oxygen atoms in total. The van der Waals surface area contributed by atoms with Crippen LogP contribution in [0.2, 0.25) is 0 Å². The summed E-state index contributed by atoms with van der Waals surface area (Å²) in [5.74, 6) is -1.78. The Morgan fingerprint density at radius 3 is 1.32 bits per heavy atom. The van der Waals surface area contributed by atoms with Crippen LogP contribution in [0.15, 0.2) is 134 Å². The Morgan fingerprint density at radius 1 is 0.494 bits per heavy atom. The summed E-state index contributed by atoms with van der Waals surface area (Å²) >= 11 is 0. The van der Waals surface area contributed by atoms with Gasteiger partial charge in [-0.15, -0.1) is 0 Å². The van der Waals surface area contributed by atoms with Gasteiger partial charge in [0.2, 0.25) is 5.97 Å². The summed E-state index contributed by atoms with van der Waals surface area (Å²) < 4.78 is 31.5. The van der Waals surface area contributed by atoms with Crippen LogP contribution in [0.25, 0.3) is 43.6 Å². The molecule has 4 aliphatic heterocycles. The molecule has 8 aromatic rings. The van der Waals surface area contributed by atoms with E-state index in [-0.39, 0.29) is 41.2 Å². The number of para-hydroxylation sites is 2. The smallest absolute Gasteiger partial charge is 0.793 e. The van der Waals surface area contributed by atoms with Gasteiger partial charge in [0, 0.05) is 165 Å². The quantitative estimate of drug-likeness (QED) is 0.129. The van der Waals surface area contributed by atoms with Crippen molar-refractivity contribution < 1.29 is 71.9 Å². The Balaban J connectivity index is 0.000000167. The molecular formula is C60H65BF2N10NaO7. The Kier molecular flexibility index (Phi) is 23.0. The molecule has 0 saturated carbocycles. The summed E-state index contributed by atoms with van der Waals surface area (Å²) in [5.41, 5.74) is 8.14. The molecule has 4 aromatic heterocycles. The van der Waals surface area contributed by atoms with Gasteiger partial charge in [-0.3, -0.25) is 34.4 Å². The third-order valence-corrected chi connectivity index (χ3v) is 14.2. The number of halogens is 2. The number of pyridine rings is 4. The van der Waals surface area contributed by atoms with Gasteiger partial charge in [0.25, 0.3) is 0 Å². The predicted octanol–water partition coefficient (Wildman–Crippen LogP) is 5.57. The number of Topliss-reactive ketones (excluding diaryl/α,β-unsaturated/α-hetero) is 1. The maximum Gasteiger partial charge on any atom is 1.00 e. The topological polar surface area (TPSA) is 176 Å². The van der Waals surface area contributed by atoms with Crippen LogP contribution < -0.4 is 54.5 Å². The van der Waals surface area contributed by atoms with E-state index < -0.39 is 17.9 Å². The van der Waals surface area contributed by atoms with E-state index in [0.29, 0.717) is 35.4 Å². The molecule has 4 aromatic carbocycles. The minimum atomic E-state index is -0.639. The summed E-state index contributed by atoms with van der Waals surface area (Å²) in [6.45, 7) is 15.1. The number of nitrogens with one attached hydrogen (secondary N) is 1. The number of carbonyl (C=O) groups is 4. The van der Waals surface area contributed by atoms with Gasteiger partial charge in [0.1, 0.15) is 17.4 Å². The van der Waals surface area contributed by atoms with Gasteiger partial charge in [-0.25, -0.2) is 28.1 Å². The van der Waals surface area contributed by atoms with E-state index in [0.717, 1.165) is 137 Å². The van der Waals surface area contributed by atoms with Crippen LogP contribution in [-0.4, -0.2) is 141 Å². The van der Waals surface area contributed by atoms with Gasteiger partial charge < -0.3 is 37.6 Å². The minimum Gasteiger partial charge on any atom is -0.793 e. The monoisotopic (exact) mass is 1110 g/mol. The fourth-order valence-corrected chi connectivity index (χ4v) is 10.3. The number of rotatable bonds is 5. The molecule has 4 aliphatic rings. The molecule has 415 valence electrons. The first-order valence-electron chi connectivity index (χ1n) is 26.8. The van der Waals surface area contributed by atoms with E-state index in [9.17, 15) is 28.0 Å². The molecule has 4 fully saturated rings. The maximum atomic E-state index is 14.2. The van der Waals surface area contributed by atoms with Crippen LogP contribution in [-0.2, 0) is 33.6 Å². The van der Waals surface area contributed by atoms with E-state index >= 15 is 0 Å². The van der Waals surface area contributed by atoms with Crippen molar-refractivity contribution in [2.24, 2.45) is 0 Å². The zero-order valence-corrected chi connectivity index (χ0v) is 48.3. The first kappa shape index (κ1) is 61.3. The Labute approximate surface area is 493 Å². The maximum absolute atomic E-state index is 14.2. The van der Waals surface area contributed by atoms with Crippen molar-refractivity contribution in [2.45, 2.75) is 52.5 Å². The molecule has 0 unspecified atom stereocenters. The van der Waals surface area contributed by atoms with E-state index in [1.54, 1.807) is 36.7 Å². The van der Waals surface area contributed by atoms with Gasteiger partial charge >= 0.3 is 41.5 Å². The van der Waals surface area contributed by atoms with Crippen molar-refractivity contribution in [3.8, 4) is 0 Å². The van der Waals surface area contributed by atoms with Gasteiger partial charge in [-0.1, -0.05) is 36.4 Å². The van der Waals surface area contributed by atoms with Crippen molar-refractivity contribution in [1.82, 2.24) is 30.2 Å². The molecule has 0 atom stereocenters. The van der Waals surface area contributed by atoms with Gasteiger partial charge in [0.15, 0.2) is 0 Å². The number of carbonyl (C=O) groups excluding carboxylic acids is 4. The zero-order chi connectivity index (χ0) is 56.4. The molecule has 81 heavy (non-hydrogen) atoms. The van der Waals surface area contributed by atoms with Crippen molar-refractivity contribution in [1.29, 1.82) is 0 Å². The van der Waals surface area contributed by atoms with Gasteiger partial charge in [-0.2, -0.15) is 0 Å². The van der Waals surface area contributed by atoms with E-state index in [4.69, 9.17) is 0 Å². The second kappa shape index (κ2) is 30.5. The first-order chi connectivity index (χ1) is 38.9. The van der Waals surface area contributed by atoms with Crippen LogP contribution in [0.5, 0.6) is 0 Å². The molecular weight excluding hydrogens is 1040 g/mol. The normalized spacial score (nSPS) is 15.6. The molecule has 0 amide bonds. The Hall–Kier alpha value is -7.36. The molecule has 0 spiro atoms. The first-order valence-corrected chi connectivity index (χ1v) is 26.8. The van der Waals surface area contributed by atoms with E-state index in [1.807, 2.05) is 42.7 Å². The van der Waals surface area contributed by atoms with Crippen molar-refractivity contribution in [3.63, 3.8) is 0 Å². The van der Waals surface area contributed by atoms with Crippen molar-refractivity contribution in [2.75, 3.05) is 98.1 Å². The van der Waals surface area contributed by atoms with Crippen LogP contribution in [0.3, 0.4) is 0 Å². The van der Waals surface area contributed by atoms with Gasteiger partial charge in [-0.05, 0) is 85.6 Å². The number of hydrogen-bond acceptors (Lipinski definition) is 17. The molecule has 0 bridgehead atoms. The summed E-state index contributed by atoms with van der Waals surface area (Å²) in [6, 6.07) is 35.5. The molecule has 12 rings (SSSR count). The molecule has 21 heteroatoms. The number of piperazine rings is 2. The van der Waals surface area contributed by atoms with Crippen LogP contribution in [0.1, 0.15) is 46.5 Å². The molecule has 4 saturated heterocycles. The molecule has 1 N–H and O–H groups in total. The van der Waals surface area contributed by atoms with Crippen molar-refractivity contribution >= 4 is 98.1 Å². The van der Waals surface area contributed by atoms with Gasteiger partial charge in [0.05, 0.1) is 44.8 Å². The molecule has 0 aliphatic carbocycles. The minimum absolute atomic E-state index is 0. The molecule has 8 heterocycles. The number of anilines is 4. The summed E-state index contributed by atoms with van der Waals surface area (Å²) in [4.78, 5) is 78.0. The van der Waals surface area contributed by atoms with E-state index in [2.05, 4.69) is 121 Å². The average Bonchev–Trinajstić information content (AvgIpc) is 3.50. The number of fused-ring (bicyclic) bond motifs is 4.